The molecule has 0 atom stereocenters. The highest BCUT2D eigenvalue weighted by Gasteiger charge is 2.21. The molecule has 1 aromatic heterocycles. The third kappa shape index (κ3) is 3.79. The Morgan fingerprint density at radius 1 is 1.24 bits per heavy atom. The molecule has 0 fully saturated rings. The lowest BCUT2D eigenvalue weighted by molar-refractivity contribution is 0.356. The van der Waals surface area contributed by atoms with Crippen LogP contribution in [-0.4, -0.2) is 5.11 Å². The van der Waals surface area contributed by atoms with E-state index in [0.29, 0.717) is 22.4 Å². The van der Waals surface area contributed by atoms with Gasteiger partial charge in [0.2, 0.25) is 5.43 Å². The largest absolute Gasteiger partial charge is 0.502 e. The normalized spacial score (nSPS) is 11.6. The van der Waals surface area contributed by atoms with E-state index < -0.39 is 16.7 Å². The zero-order valence-corrected chi connectivity index (χ0v) is 13.1. The molecule has 1 heterocycles. The number of aromatic hydroxyl groups is 1. The highest BCUT2D eigenvalue weighted by molar-refractivity contribution is 6.42. The summed E-state index contributed by atoms with van der Waals surface area (Å²) < 4.78 is 5.15. The molecule has 0 aliphatic heterocycles. The number of hydrogen-bond donors (Lipinski definition) is 2. The lowest BCUT2D eigenvalue weighted by atomic mass is 9.94. The van der Waals surface area contributed by atoms with Crippen molar-refractivity contribution in [3.63, 3.8) is 0 Å². The van der Waals surface area contributed by atoms with Crippen LogP contribution in [0.25, 0.3) is 0 Å². The van der Waals surface area contributed by atoms with Crippen LogP contribution in [0.5, 0.6) is 5.75 Å². The summed E-state index contributed by atoms with van der Waals surface area (Å²) in [4.78, 5) is 11.3. The molecule has 0 amide bonds. The first-order valence-electron chi connectivity index (χ1n) is 6.31. The average Bonchev–Trinajstić information content (AvgIpc) is 2.43. The summed E-state index contributed by atoms with van der Waals surface area (Å²) in [6, 6.07) is 6.68. The predicted molar refractivity (Wildman–Crippen MR) is 83.0 cm³/mol. The molecule has 21 heavy (non-hydrogen) atoms. The first kappa shape index (κ1) is 15.9. The number of hydrogen-bond acceptors (Lipinski definition) is 4. The van der Waals surface area contributed by atoms with E-state index in [1.54, 1.807) is 12.1 Å². The predicted octanol–water partition coefficient (Wildman–Crippen LogP) is 3.68. The Kier molecular flexibility index (Phi) is 4.61. The van der Waals surface area contributed by atoms with Gasteiger partial charge in [-0.05, 0) is 31.5 Å². The van der Waals surface area contributed by atoms with Crippen molar-refractivity contribution in [1.29, 1.82) is 0 Å². The molecule has 0 radical (unpaired) electrons. The Balaban J connectivity index is 2.14. The molecule has 0 saturated carbocycles. The zero-order chi connectivity index (χ0) is 15.6. The van der Waals surface area contributed by atoms with Gasteiger partial charge in [-0.15, -0.1) is 0 Å². The molecule has 6 heteroatoms. The minimum atomic E-state index is -0.467. The van der Waals surface area contributed by atoms with E-state index >= 15 is 0 Å². The second-order valence-corrected chi connectivity index (χ2v) is 6.02. The molecule has 0 aliphatic rings. The van der Waals surface area contributed by atoms with Crippen molar-refractivity contribution in [3.8, 4) is 5.75 Å². The van der Waals surface area contributed by atoms with Gasteiger partial charge in [0.1, 0.15) is 12.0 Å². The van der Waals surface area contributed by atoms with Crippen LogP contribution in [-0.2, 0) is 12.1 Å². The maximum Gasteiger partial charge on any atom is 0.226 e. The quantitative estimate of drug-likeness (QED) is 0.899. The van der Waals surface area contributed by atoms with E-state index in [0.717, 1.165) is 11.8 Å². The third-order valence-electron chi connectivity index (χ3n) is 3.21. The van der Waals surface area contributed by atoms with Gasteiger partial charge in [0.05, 0.1) is 16.6 Å². The van der Waals surface area contributed by atoms with Crippen molar-refractivity contribution in [2.75, 3.05) is 0 Å². The first-order valence-corrected chi connectivity index (χ1v) is 7.06. The van der Waals surface area contributed by atoms with Crippen molar-refractivity contribution < 1.29 is 9.52 Å². The highest BCUT2D eigenvalue weighted by Crippen LogP contribution is 2.28. The topological polar surface area (TPSA) is 62.5 Å². The fourth-order valence-electron chi connectivity index (χ4n) is 1.83. The Bertz CT molecular complexity index is 710. The summed E-state index contributed by atoms with van der Waals surface area (Å²) in [7, 11) is 0. The van der Waals surface area contributed by atoms with Crippen LogP contribution in [0.4, 0.5) is 0 Å². The minimum Gasteiger partial charge on any atom is -0.502 e. The lowest BCUT2D eigenvalue weighted by Crippen LogP contribution is -2.36. The van der Waals surface area contributed by atoms with E-state index in [2.05, 4.69) is 5.32 Å². The molecule has 112 valence electrons. The van der Waals surface area contributed by atoms with Crippen LogP contribution in [0, 0.1) is 0 Å². The second-order valence-electron chi connectivity index (χ2n) is 5.20. The van der Waals surface area contributed by atoms with Crippen LogP contribution in [0.3, 0.4) is 0 Å². The van der Waals surface area contributed by atoms with Gasteiger partial charge in [-0.3, -0.25) is 4.79 Å². The van der Waals surface area contributed by atoms with Crippen LogP contribution in [0.2, 0.25) is 10.0 Å². The van der Waals surface area contributed by atoms with Crippen molar-refractivity contribution in [2.24, 2.45) is 0 Å². The Morgan fingerprint density at radius 2 is 1.95 bits per heavy atom. The van der Waals surface area contributed by atoms with Gasteiger partial charge in [-0.1, -0.05) is 29.3 Å². The van der Waals surface area contributed by atoms with Crippen LogP contribution >= 0.6 is 23.2 Å². The molecular formula is C15H15Cl2NO3. The summed E-state index contributed by atoms with van der Waals surface area (Å²) in [5.41, 5.74) is 0.0911. The third-order valence-corrected chi connectivity index (χ3v) is 3.95. The van der Waals surface area contributed by atoms with Gasteiger partial charge < -0.3 is 14.8 Å². The van der Waals surface area contributed by atoms with Crippen molar-refractivity contribution in [1.82, 2.24) is 5.32 Å². The first-order chi connectivity index (χ1) is 9.79. The van der Waals surface area contributed by atoms with Gasteiger partial charge >= 0.3 is 0 Å². The molecule has 4 nitrogen and oxygen atoms in total. The number of rotatable bonds is 4. The van der Waals surface area contributed by atoms with Gasteiger partial charge in [0.25, 0.3) is 0 Å². The standard InChI is InChI=1S/C15H15Cl2NO3/c1-15(2,9-3-4-11(16)12(17)5-9)18-7-10-6-13(19)14(20)8-21-10/h3-6,8,18,20H,7H2,1-2H3. The fourth-order valence-corrected chi connectivity index (χ4v) is 2.13. The Morgan fingerprint density at radius 3 is 2.57 bits per heavy atom. The van der Waals surface area contributed by atoms with Gasteiger partial charge in [-0.2, -0.15) is 0 Å². The van der Waals surface area contributed by atoms with E-state index in [4.69, 9.17) is 32.7 Å². The molecule has 0 bridgehead atoms. The summed E-state index contributed by atoms with van der Waals surface area (Å²) in [6.07, 6.45) is 1.03. The average molecular weight is 328 g/mol. The summed E-state index contributed by atoms with van der Waals surface area (Å²) in [5.74, 6) is 0.0356. The zero-order valence-electron chi connectivity index (χ0n) is 11.6. The number of benzene rings is 1. The summed E-state index contributed by atoms with van der Waals surface area (Å²) in [5, 5.41) is 13.4. The lowest BCUT2D eigenvalue weighted by Gasteiger charge is -2.27. The molecule has 2 rings (SSSR count). The highest BCUT2D eigenvalue weighted by atomic mass is 35.5. The van der Waals surface area contributed by atoms with Crippen molar-refractivity contribution >= 4 is 23.2 Å². The molecule has 0 aliphatic carbocycles. The minimum absolute atomic E-state index is 0.336. The van der Waals surface area contributed by atoms with Gasteiger partial charge in [0, 0.05) is 11.6 Å². The van der Waals surface area contributed by atoms with Crippen molar-refractivity contribution in [3.05, 3.63) is 62.1 Å². The smallest absolute Gasteiger partial charge is 0.226 e. The number of halogens is 2. The Hall–Kier alpha value is -1.49. The molecular weight excluding hydrogens is 313 g/mol. The van der Waals surface area contributed by atoms with E-state index in [9.17, 15) is 4.79 Å². The SMILES string of the molecule is CC(C)(NCc1cc(=O)c(O)co1)c1ccc(Cl)c(Cl)c1. The Labute approximate surface area is 132 Å². The van der Waals surface area contributed by atoms with Crippen LogP contribution in [0.15, 0.2) is 39.7 Å². The maximum absolute atomic E-state index is 11.3. The van der Waals surface area contributed by atoms with E-state index in [1.165, 1.54) is 6.07 Å². The van der Waals surface area contributed by atoms with Gasteiger partial charge in [-0.25, -0.2) is 0 Å². The second kappa shape index (κ2) is 6.10. The summed E-state index contributed by atoms with van der Waals surface area (Å²) >= 11 is 11.9. The molecule has 2 N–H and O–H groups in total. The van der Waals surface area contributed by atoms with Crippen LogP contribution in [0.1, 0.15) is 25.2 Å². The molecule has 0 saturated heterocycles. The maximum atomic E-state index is 11.3. The fraction of sp³-hybridized carbons (Fsp3) is 0.267. The monoisotopic (exact) mass is 327 g/mol. The van der Waals surface area contributed by atoms with E-state index in [1.807, 2.05) is 19.9 Å². The van der Waals surface area contributed by atoms with Gasteiger partial charge in [0.15, 0.2) is 5.75 Å². The molecule has 1 aromatic carbocycles. The molecule has 2 aromatic rings. The molecule has 0 unspecified atom stereocenters. The van der Waals surface area contributed by atoms with Crippen molar-refractivity contribution in [2.45, 2.75) is 25.9 Å². The van der Waals surface area contributed by atoms with Crippen LogP contribution < -0.4 is 10.7 Å². The van der Waals surface area contributed by atoms with E-state index in [-0.39, 0.29) is 0 Å². The number of nitrogens with one attached hydrogen (secondary N) is 1. The molecule has 0 spiro atoms. The summed E-state index contributed by atoms with van der Waals surface area (Å²) in [6.45, 7) is 4.29.